The Balaban J connectivity index is 0.000000330. The molecular weight excluding hydrogens is 617 g/mol. The van der Waals surface area contributed by atoms with Crippen LogP contribution in [0.1, 0.15) is 50.7 Å². The number of amides is 1. The first-order valence-corrected chi connectivity index (χ1v) is 14.9. The van der Waals surface area contributed by atoms with Crippen molar-refractivity contribution in [2.75, 3.05) is 34.0 Å². The lowest BCUT2D eigenvalue weighted by atomic mass is 9.87. The first-order valence-electron chi connectivity index (χ1n) is 14.9. The minimum Gasteiger partial charge on any atom is -0.493 e. The van der Waals surface area contributed by atoms with E-state index in [-0.39, 0.29) is 19.0 Å². The van der Waals surface area contributed by atoms with E-state index in [4.69, 9.17) is 29.2 Å². The average molecular weight is 660 g/mol. The lowest BCUT2D eigenvalue weighted by Gasteiger charge is -2.34. The Morgan fingerprint density at radius 3 is 2.32 bits per heavy atom. The number of ketones is 1. The van der Waals surface area contributed by atoms with Crippen LogP contribution in [0.3, 0.4) is 0 Å². The SMILES string of the molecule is C=CC(=O)OCC(C)(C)C(=O)C(=O)N1CCCCC1C(=O)O.COc1ccc(CCCc2cc(OCC(=O)O)ccc2F)cc1OC. The van der Waals surface area contributed by atoms with E-state index >= 15 is 0 Å². The van der Waals surface area contributed by atoms with Gasteiger partial charge >= 0.3 is 17.9 Å². The molecule has 1 aliphatic rings. The Kier molecular flexibility index (Phi) is 14.9. The summed E-state index contributed by atoms with van der Waals surface area (Å²) in [7, 11) is 3.17. The number of nitrogens with zero attached hydrogens (tertiary/aromatic N) is 1. The van der Waals surface area contributed by atoms with Gasteiger partial charge < -0.3 is 34.1 Å². The standard InChI is InChI=1S/C19H21FO5.C15H21NO6/c1-23-17-9-6-13(10-18(17)24-2)4-3-5-14-11-15(7-8-16(14)20)25-12-19(21)22;1-4-11(17)22-9-15(2,3)12(18)13(19)16-8-6-5-7-10(16)14(20)21/h6-11H,3-5,12H2,1-2H3,(H,21,22);4,10H,1,5-9H2,2-3H3,(H,20,21). The summed E-state index contributed by atoms with van der Waals surface area (Å²) in [5.41, 5.74) is 0.343. The largest absolute Gasteiger partial charge is 0.493 e. The Hall–Kier alpha value is -4.94. The number of aryl methyl sites for hydroxylation is 2. The van der Waals surface area contributed by atoms with Gasteiger partial charge in [0.2, 0.25) is 5.78 Å². The van der Waals surface area contributed by atoms with Crippen LogP contribution in [0.4, 0.5) is 4.39 Å². The zero-order chi connectivity index (χ0) is 35.1. The van der Waals surface area contributed by atoms with Gasteiger partial charge in [-0.15, -0.1) is 0 Å². The van der Waals surface area contributed by atoms with Crippen LogP contribution in [0.15, 0.2) is 49.1 Å². The Labute approximate surface area is 273 Å². The van der Waals surface area contributed by atoms with Gasteiger partial charge in [-0.05, 0) is 93.8 Å². The van der Waals surface area contributed by atoms with E-state index in [0.717, 1.165) is 29.4 Å². The third-order valence-electron chi connectivity index (χ3n) is 7.34. The van der Waals surface area contributed by atoms with E-state index in [0.29, 0.717) is 48.5 Å². The van der Waals surface area contributed by atoms with Crippen LogP contribution in [-0.4, -0.2) is 84.7 Å². The molecule has 2 N–H and O–H groups in total. The molecule has 3 rings (SSSR count). The number of halogens is 1. The number of esters is 1. The summed E-state index contributed by atoms with van der Waals surface area (Å²) in [6, 6.07) is 8.99. The van der Waals surface area contributed by atoms with Gasteiger partial charge in [0, 0.05) is 12.6 Å². The minimum atomic E-state index is -1.23. The van der Waals surface area contributed by atoms with Crippen LogP contribution in [0.25, 0.3) is 0 Å². The maximum absolute atomic E-state index is 13.9. The Bertz CT molecular complexity index is 1440. The molecule has 47 heavy (non-hydrogen) atoms. The molecule has 1 fully saturated rings. The van der Waals surface area contributed by atoms with E-state index in [1.54, 1.807) is 20.3 Å². The normalized spacial score (nSPS) is 14.1. The predicted octanol–water partition coefficient (Wildman–Crippen LogP) is 4.26. The molecule has 0 saturated carbocycles. The number of benzene rings is 2. The molecule has 0 bridgehead atoms. The number of Topliss-reactive ketones (excluding diaryl/α,β-unsaturated/α-hetero) is 1. The number of rotatable bonds is 15. The summed E-state index contributed by atoms with van der Waals surface area (Å²) in [4.78, 5) is 58.6. The highest BCUT2D eigenvalue weighted by atomic mass is 19.1. The van der Waals surface area contributed by atoms with E-state index < -0.39 is 47.7 Å². The van der Waals surface area contributed by atoms with Crippen LogP contribution >= 0.6 is 0 Å². The number of likely N-dealkylation sites (tertiary alicyclic amines) is 1. The summed E-state index contributed by atoms with van der Waals surface area (Å²) < 4.78 is 34.3. The first-order chi connectivity index (χ1) is 22.2. The van der Waals surface area contributed by atoms with Gasteiger partial charge in [0.05, 0.1) is 19.6 Å². The van der Waals surface area contributed by atoms with Crippen LogP contribution in [0.5, 0.6) is 17.2 Å². The van der Waals surface area contributed by atoms with Gasteiger partial charge in [0.1, 0.15) is 24.2 Å². The summed E-state index contributed by atoms with van der Waals surface area (Å²) >= 11 is 0. The fourth-order valence-corrected chi connectivity index (χ4v) is 4.72. The lowest BCUT2D eigenvalue weighted by molar-refractivity contribution is -0.159. The van der Waals surface area contributed by atoms with Crippen molar-refractivity contribution < 1.29 is 57.5 Å². The fraction of sp³-hybridized carbons (Fsp3) is 0.441. The smallest absolute Gasteiger partial charge is 0.341 e. The Morgan fingerprint density at radius 1 is 1.00 bits per heavy atom. The summed E-state index contributed by atoms with van der Waals surface area (Å²) in [6.07, 6.45) is 4.66. The predicted molar refractivity (Wildman–Crippen MR) is 168 cm³/mol. The van der Waals surface area contributed by atoms with Crippen molar-refractivity contribution in [3.05, 3.63) is 66.0 Å². The number of aliphatic carboxylic acids is 2. The molecule has 1 saturated heterocycles. The molecule has 2 aromatic rings. The first kappa shape index (κ1) is 38.2. The van der Waals surface area contributed by atoms with Crippen LogP contribution in [-0.2, 0) is 41.6 Å². The van der Waals surface area contributed by atoms with Crippen molar-refractivity contribution in [3.8, 4) is 17.2 Å². The van der Waals surface area contributed by atoms with Crippen molar-refractivity contribution in [2.45, 2.75) is 58.4 Å². The maximum Gasteiger partial charge on any atom is 0.341 e. The van der Waals surface area contributed by atoms with Crippen molar-refractivity contribution >= 4 is 29.6 Å². The molecular formula is C34H42FNO11. The molecule has 1 amide bonds. The number of carboxylic acid groups (broad SMARTS) is 2. The minimum absolute atomic E-state index is 0.240. The third kappa shape index (κ3) is 11.7. The van der Waals surface area contributed by atoms with Crippen LogP contribution in [0, 0.1) is 11.2 Å². The van der Waals surface area contributed by atoms with Crippen LogP contribution in [0.2, 0.25) is 0 Å². The van der Waals surface area contributed by atoms with Gasteiger partial charge in [-0.25, -0.2) is 18.8 Å². The molecule has 1 atom stereocenters. The zero-order valence-electron chi connectivity index (χ0n) is 27.1. The quantitative estimate of drug-likeness (QED) is 0.159. The second-order valence-corrected chi connectivity index (χ2v) is 11.4. The van der Waals surface area contributed by atoms with Gasteiger partial charge in [-0.3, -0.25) is 9.59 Å². The third-order valence-corrected chi connectivity index (χ3v) is 7.34. The zero-order valence-corrected chi connectivity index (χ0v) is 27.1. The number of carboxylic acids is 2. The van der Waals surface area contributed by atoms with Crippen molar-refractivity contribution in [2.24, 2.45) is 5.41 Å². The van der Waals surface area contributed by atoms with Crippen molar-refractivity contribution in [3.63, 3.8) is 0 Å². The van der Waals surface area contributed by atoms with Crippen molar-refractivity contribution in [1.82, 2.24) is 4.90 Å². The lowest BCUT2D eigenvalue weighted by Crippen LogP contribution is -2.53. The second kappa shape index (κ2) is 18.3. The number of methoxy groups -OCH3 is 2. The summed E-state index contributed by atoms with van der Waals surface area (Å²) in [5, 5.41) is 17.8. The van der Waals surface area contributed by atoms with Gasteiger partial charge in [-0.2, -0.15) is 0 Å². The molecule has 0 aliphatic carbocycles. The number of piperidine rings is 1. The molecule has 1 unspecified atom stereocenters. The average Bonchev–Trinajstić information content (AvgIpc) is 3.06. The summed E-state index contributed by atoms with van der Waals surface area (Å²) in [5.74, 6) is -3.12. The maximum atomic E-state index is 13.9. The molecule has 0 spiro atoms. The van der Waals surface area contributed by atoms with Gasteiger partial charge in [0.25, 0.3) is 5.91 Å². The highest BCUT2D eigenvalue weighted by Crippen LogP contribution is 2.28. The fourth-order valence-electron chi connectivity index (χ4n) is 4.72. The second-order valence-electron chi connectivity index (χ2n) is 11.4. The molecule has 256 valence electrons. The molecule has 12 nitrogen and oxygen atoms in total. The Morgan fingerprint density at radius 2 is 1.70 bits per heavy atom. The van der Waals surface area contributed by atoms with Gasteiger partial charge in [-0.1, -0.05) is 12.6 Å². The van der Waals surface area contributed by atoms with E-state index in [1.807, 2.05) is 18.2 Å². The molecule has 1 heterocycles. The number of hydrogen-bond acceptors (Lipinski definition) is 9. The molecule has 2 aromatic carbocycles. The number of carbonyl (C=O) groups is 5. The highest BCUT2D eigenvalue weighted by molar-refractivity contribution is 6.38. The molecule has 0 aromatic heterocycles. The van der Waals surface area contributed by atoms with E-state index in [1.165, 1.54) is 26.0 Å². The van der Waals surface area contributed by atoms with E-state index in [9.17, 15) is 28.4 Å². The number of ether oxygens (including phenoxy) is 4. The molecule has 1 aliphatic heterocycles. The number of hydrogen-bond donors (Lipinski definition) is 2. The van der Waals surface area contributed by atoms with Crippen LogP contribution < -0.4 is 14.2 Å². The number of carbonyl (C=O) groups excluding carboxylic acids is 3. The molecule has 0 radical (unpaired) electrons. The van der Waals surface area contributed by atoms with Gasteiger partial charge in [0.15, 0.2) is 18.1 Å². The van der Waals surface area contributed by atoms with E-state index in [2.05, 4.69) is 6.58 Å². The topological polar surface area (TPSA) is 166 Å². The highest BCUT2D eigenvalue weighted by Gasteiger charge is 2.41. The monoisotopic (exact) mass is 659 g/mol. The summed E-state index contributed by atoms with van der Waals surface area (Å²) in [6.45, 7) is 5.72. The van der Waals surface area contributed by atoms with Crippen molar-refractivity contribution in [1.29, 1.82) is 0 Å². The molecule has 13 heteroatoms.